The summed E-state index contributed by atoms with van der Waals surface area (Å²) in [6.07, 6.45) is 20.2. The molecule has 4 nitrogen and oxygen atoms in total. The molecule has 160 valence electrons. The Labute approximate surface area is 171 Å². The molecule has 2 aliphatic rings. The molecule has 28 heavy (non-hydrogen) atoms. The minimum atomic E-state index is -0.0882. The van der Waals surface area contributed by atoms with Crippen LogP contribution in [0.25, 0.3) is 0 Å². The van der Waals surface area contributed by atoms with Gasteiger partial charge in [-0.15, -0.1) is 0 Å². The fourth-order valence-corrected chi connectivity index (χ4v) is 5.23. The van der Waals surface area contributed by atoms with Crippen LogP contribution in [-0.2, 0) is 19.1 Å². The second kappa shape index (κ2) is 13.0. The Bertz CT molecular complexity index is 443. The molecule has 0 aromatic rings. The van der Waals surface area contributed by atoms with Crippen LogP contribution in [0, 0.1) is 23.7 Å². The highest BCUT2D eigenvalue weighted by molar-refractivity contribution is 5.69. The number of ether oxygens (including phenoxy) is 2. The number of methoxy groups -OCH3 is 2. The number of allylic oxidation sites excluding steroid dienone is 2. The smallest absolute Gasteiger partial charge is 0.305 e. The molecule has 0 aromatic carbocycles. The lowest BCUT2D eigenvalue weighted by Gasteiger charge is -2.30. The van der Waals surface area contributed by atoms with Crippen molar-refractivity contribution in [3.8, 4) is 0 Å². The summed E-state index contributed by atoms with van der Waals surface area (Å²) < 4.78 is 9.87. The Morgan fingerprint density at radius 1 is 0.714 bits per heavy atom. The third-order valence-electron chi connectivity index (χ3n) is 6.99. The van der Waals surface area contributed by atoms with Crippen molar-refractivity contribution >= 4 is 11.9 Å². The first kappa shape index (κ1) is 23.0. The Hall–Kier alpha value is -1.32. The number of hydrogen-bond donors (Lipinski definition) is 0. The van der Waals surface area contributed by atoms with E-state index in [2.05, 4.69) is 12.2 Å². The van der Waals surface area contributed by atoms with E-state index < -0.39 is 0 Å². The number of hydrogen-bond acceptors (Lipinski definition) is 4. The number of esters is 2. The lowest BCUT2D eigenvalue weighted by atomic mass is 9.76. The molecule has 0 aromatic heterocycles. The van der Waals surface area contributed by atoms with Crippen molar-refractivity contribution < 1.29 is 19.1 Å². The van der Waals surface area contributed by atoms with E-state index in [1.54, 1.807) is 0 Å². The van der Waals surface area contributed by atoms with E-state index in [9.17, 15) is 9.59 Å². The van der Waals surface area contributed by atoms with Gasteiger partial charge in [-0.1, -0.05) is 76.4 Å². The molecule has 0 N–H and O–H groups in total. The first-order valence-corrected chi connectivity index (χ1v) is 11.4. The molecule has 2 rings (SSSR count). The molecule has 0 radical (unpaired) electrons. The lowest BCUT2D eigenvalue weighted by molar-refractivity contribution is -0.143. The van der Waals surface area contributed by atoms with Crippen LogP contribution in [0.2, 0.25) is 0 Å². The van der Waals surface area contributed by atoms with E-state index in [0.717, 1.165) is 12.8 Å². The van der Waals surface area contributed by atoms with Crippen molar-refractivity contribution in [2.24, 2.45) is 23.7 Å². The van der Waals surface area contributed by atoms with Gasteiger partial charge >= 0.3 is 11.9 Å². The zero-order chi connectivity index (χ0) is 20.2. The fraction of sp³-hybridized carbons (Fsp3) is 0.833. The molecule has 4 heteroatoms. The van der Waals surface area contributed by atoms with Crippen molar-refractivity contribution in [3.63, 3.8) is 0 Å². The van der Waals surface area contributed by atoms with Crippen LogP contribution in [0.5, 0.6) is 0 Å². The zero-order valence-corrected chi connectivity index (χ0v) is 18.0. The molecule has 2 aliphatic carbocycles. The van der Waals surface area contributed by atoms with Gasteiger partial charge in [0.1, 0.15) is 0 Å². The quantitative estimate of drug-likeness (QED) is 0.346. The summed E-state index contributed by atoms with van der Waals surface area (Å²) in [4.78, 5) is 23.7. The van der Waals surface area contributed by atoms with Gasteiger partial charge in [0.15, 0.2) is 0 Å². The van der Waals surface area contributed by atoms with Gasteiger partial charge in [-0.2, -0.15) is 0 Å². The number of carbonyl (C=O) groups is 2. The highest BCUT2D eigenvalue weighted by atomic mass is 16.5. The van der Waals surface area contributed by atoms with Gasteiger partial charge in [0.05, 0.1) is 14.2 Å². The summed E-state index contributed by atoms with van der Waals surface area (Å²) in [7, 11) is 2.97. The van der Waals surface area contributed by atoms with E-state index >= 15 is 0 Å². The van der Waals surface area contributed by atoms with Crippen LogP contribution in [0.4, 0.5) is 0 Å². The maximum absolute atomic E-state index is 11.9. The summed E-state index contributed by atoms with van der Waals surface area (Å²) in [5.74, 6) is 1.88. The number of carbonyl (C=O) groups excluding carboxylic acids is 2. The molecule has 2 saturated carbocycles. The van der Waals surface area contributed by atoms with Gasteiger partial charge in [-0.3, -0.25) is 9.59 Å². The first-order chi connectivity index (χ1) is 13.6. The molecule has 0 heterocycles. The number of rotatable bonds is 10. The van der Waals surface area contributed by atoms with E-state index in [1.165, 1.54) is 78.4 Å². The van der Waals surface area contributed by atoms with Gasteiger partial charge in [0.2, 0.25) is 0 Å². The second-order valence-electron chi connectivity index (χ2n) is 8.82. The summed E-state index contributed by atoms with van der Waals surface area (Å²) in [6.45, 7) is 0. The Morgan fingerprint density at radius 2 is 1.07 bits per heavy atom. The van der Waals surface area contributed by atoms with Crippen LogP contribution in [0.3, 0.4) is 0 Å². The largest absolute Gasteiger partial charge is 0.469 e. The summed E-state index contributed by atoms with van der Waals surface area (Å²) in [5, 5.41) is 0. The van der Waals surface area contributed by atoms with Crippen LogP contribution < -0.4 is 0 Å². The molecule has 0 aliphatic heterocycles. The molecule has 2 atom stereocenters. The minimum absolute atomic E-state index is 0.0882. The van der Waals surface area contributed by atoms with Crippen molar-refractivity contribution in [3.05, 3.63) is 12.2 Å². The Kier molecular flexibility index (Phi) is 10.7. The molecule has 0 bridgehead atoms. The molecule has 2 fully saturated rings. The van der Waals surface area contributed by atoms with Crippen LogP contribution in [0.1, 0.15) is 89.9 Å². The molecule has 2 unspecified atom stereocenters. The van der Waals surface area contributed by atoms with Crippen LogP contribution in [0.15, 0.2) is 12.2 Å². The van der Waals surface area contributed by atoms with Crippen molar-refractivity contribution in [2.75, 3.05) is 14.2 Å². The van der Waals surface area contributed by atoms with Gasteiger partial charge in [-0.25, -0.2) is 0 Å². The average Bonchev–Trinajstić information content (AvgIpc) is 2.75. The highest BCUT2D eigenvalue weighted by Gasteiger charge is 2.27. The second-order valence-corrected chi connectivity index (χ2v) is 8.82. The van der Waals surface area contributed by atoms with E-state index in [4.69, 9.17) is 9.47 Å². The molecule has 0 saturated heterocycles. The standard InChI is InChI=1S/C24H40O4/c1-27-23(25)17-21(19-11-5-3-6-12-19)15-9-10-16-22(18-24(26)28-2)20-13-7-4-8-14-20/h9-10,19-22H,3-8,11-18H2,1-2H3/b10-9+. The summed E-state index contributed by atoms with van der Waals surface area (Å²) in [6, 6.07) is 0. The summed E-state index contributed by atoms with van der Waals surface area (Å²) >= 11 is 0. The molecule has 0 amide bonds. The van der Waals surface area contributed by atoms with Gasteiger partial charge in [0, 0.05) is 12.8 Å². The topological polar surface area (TPSA) is 52.6 Å². The zero-order valence-electron chi connectivity index (χ0n) is 18.0. The maximum Gasteiger partial charge on any atom is 0.305 e. The molecular weight excluding hydrogens is 352 g/mol. The maximum atomic E-state index is 11.9. The average molecular weight is 393 g/mol. The van der Waals surface area contributed by atoms with Crippen LogP contribution in [-0.4, -0.2) is 26.2 Å². The van der Waals surface area contributed by atoms with E-state index in [0.29, 0.717) is 36.5 Å². The summed E-state index contributed by atoms with van der Waals surface area (Å²) in [5.41, 5.74) is 0. The predicted octanol–water partition coefficient (Wildman–Crippen LogP) is 5.84. The molecular formula is C24H40O4. The van der Waals surface area contributed by atoms with E-state index in [1.807, 2.05) is 0 Å². The SMILES string of the molecule is COC(=O)CC(C/C=C/CC(CC(=O)OC)C1CCCCC1)C1CCCCC1. The Morgan fingerprint density at radius 3 is 1.39 bits per heavy atom. The predicted molar refractivity (Wildman–Crippen MR) is 112 cm³/mol. The lowest BCUT2D eigenvalue weighted by Crippen LogP contribution is -2.22. The fourth-order valence-electron chi connectivity index (χ4n) is 5.23. The monoisotopic (exact) mass is 392 g/mol. The van der Waals surface area contributed by atoms with Crippen molar-refractivity contribution in [1.82, 2.24) is 0 Å². The van der Waals surface area contributed by atoms with Gasteiger partial charge in [-0.05, 0) is 36.5 Å². The van der Waals surface area contributed by atoms with Gasteiger partial charge in [0.25, 0.3) is 0 Å². The van der Waals surface area contributed by atoms with Crippen molar-refractivity contribution in [2.45, 2.75) is 89.9 Å². The third-order valence-corrected chi connectivity index (χ3v) is 6.99. The normalized spacial score (nSPS) is 21.4. The molecule has 0 spiro atoms. The minimum Gasteiger partial charge on any atom is -0.469 e. The third kappa shape index (κ3) is 7.97. The van der Waals surface area contributed by atoms with Gasteiger partial charge < -0.3 is 9.47 Å². The van der Waals surface area contributed by atoms with Crippen LogP contribution >= 0.6 is 0 Å². The van der Waals surface area contributed by atoms with E-state index in [-0.39, 0.29) is 11.9 Å². The van der Waals surface area contributed by atoms with Crippen molar-refractivity contribution in [1.29, 1.82) is 0 Å². The highest BCUT2D eigenvalue weighted by Crippen LogP contribution is 2.36. The first-order valence-electron chi connectivity index (χ1n) is 11.4. The Balaban J connectivity index is 1.90.